The Bertz CT molecular complexity index is 753. The van der Waals surface area contributed by atoms with Crippen LogP contribution in [0.15, 0.2) is 11.2 Å². The number of aryl methyl sites for hydroxylation is 1. The van der Waals surface area contributed by atoms with Crippen LogP contribution in [-0.2, 0) is 16.1 Å². The predicted octanol–water partition coefficient (Wildman–Crippen LogP) is 3.87. The molecule has 2 atom stereocenters. The second-order valence-corrected chi connectivity index (χ2v) is 11.1. The summed E-state index contributed by atoms with van der Waals surface area (Å²) in [5.74, 6) is 0.427. The molecule has 4 fully saturated rings. The van der Waals surface area contributed by atoms with E-state index in [0.29, 0.717) is 19.1 Å². The molecule has 2 unspecified atom stereocenters. The van der Waals surface area contributed by atoms with Crippen molar-refractivity contribution in [3.63, 3.8) is 0 Å². The monoisotopic (exact) mass is 402 g/mol. The van der Waals surface area contributed by atoms with Crippen LogP contribution in [0.25, 0.3) is 0 Å². The van der Waals surface area contributed by atoms with Crippen molar-refractivity contribution >= 4 is 40.4 Å². The van der Waals surface area contributed by atoms with E-state index in [1.165, 1.54) is 0 Å². The molecule has 4 aliphatic rings. The maximum atomic E-state index is 13.3. The number of halogens is 2. The fourth-order valence-electron chi connectivity index (χ4n) is 5.59. The van der Waals surface area contributed by atoms with Crippen LogP contribution in [-0.4, -0.2) is 33.9 Å². The standard InChI is InChI=1S/C18H24Cl2N2O2S/c1-12-8-22(3-4-24-2)15(25-12)21-14(23)16-5-13-6-17(19,9-16)11-18(20,7-13)10-16/h8,13H,3-7,9-11H2,1-2H3. The van der Waals surface area contributed by atoms with Crippen molar-refractivity contribution in [3.05, 3.63) is 15.9 Å². The zero-order valence-electron chi connectivity index (χ0n) is 14.7. The van der Waals surface area contributed by atoms with Gasteiger partial charge in [-0.25, -0.2) is 0 Å². The third kappa shape index (κ3) is 3.22. The zero-order valence-corrected chi connectivity index (χ0v) is 17.0. The highest BCUT2D eigenvalue weighted by molar-refractivity contribution is 7.09. The van der Waals surface area contributed by atoms with E-state index >= 15 is 0 Å². The number of amides is 1. The average Bonchev–Trinajstić information content (AvgIpc) is 2.81. The summed E-state index contributed by atoms with van der Waals surface area (Å²) in [6.45, 7) is 3.32. The molecule has 0 saturated heterocycles. The number of hydrogen-bond donors (Lipinski definition) is 0. The van der Waals surface area contributed by atoms with Crippen molar-refractivity contribution in [1.82, 2.24) is 4.57 Å². The molecule has 1 aromatic heterocycles. The Hall–Kier alpha value is -0.360. The van der Waals surface area contributed by atoms with Crippen molar-refractivity contribution in [3.8, 4) is 0 Å². The SMILES string of the molecule is COCCn1cc(C)sc1=NC(=O)C12CC3CC(Cl)(CC(Cl)(C3)C1)C2. The summed E-state index contributed by atoms with van der Waals surface area (Å²) in [6.07, 6.45) is 7.16. The highest BCUT2D eigenvalue weighted by Gasteiger charge is 2.65. The number of aromatic nitrogens is 1. The summed E-state index contributed by atoms with van der Waals surface area (Å²) in [7, 11) is 1.68. The fourth-order valence-corrected chi connectivity index (χ4v) is 7.98. The van der Waals surface area contributed by atoms with E-state index in [1.807, 2.05) is 17.7 Å². The van der Waals surface area contributed by atoms with Gasteiger partial charge in [0.1, 0.15) is 0 Å². The lowest BCUT2D eigenvalue weighted by molar-refractivity contribution is -0.139. The maximum absolute atomic E-state index is 13.3. The van der Waals surface area contributed by atoms with Crippen LogP contribution in [0.5, 0.6) is 0 Å². The van der Waals surface area contributed by atoms with Gasteiger partial charge in [-0.3, -0.25) is 4.79 Å². The molecule has 25 heavy (non-hydrogen) atoms. The van der Waals surface area contributed by atoms with Gasteiger partial charge in [-0.2, -0.15) is 4.99 Å². The van der Waals surface area contributed by atoms with Gasteiger partial charge in [0.2, 0.25) is 0 Å². The van der Waals surface area contributed by atoms with Crippen LogP contribution in [0.1, 0.15) is 43.4 Å². The number of methoxy groups -OCH3 is 1. The zero-order chi connectivity index (χ0) is 17.9. The Kier molecular flexibility index (Phi) is 4.38. The first kappa shape index (κ1) is 18.0. The molecule has 1 amide bonds. The first-order valence-corrected chi connectivity index (χ1v) is 10.5. The first-order chi connectivity index (χ1) is 11.7. The molecule has 138 valence electrons. The number of nitrogens with zero attached hydrogens (tertiary/aromatic N) is 2. The lowest BCUT2D eigenvalue weighted by Gasteiger charge is -2.61. The maximum Gasteiger partial charge on any atom is 0.254 e. The molecule has 4 aliphatic carbocycles. The van der Waals surface area contributed by atoms with Crippen LogP contribution < -0.4 is 4.80 Å². The van der Waals surface area contributed by atoms with Gasteiger partial charge in [0.15, 0.2) is 4.80 Å². The van der Waals surface area contributed by atoms with Crippen LogP contribution >= 0.6 is 34.5 Å². The van der Waals surface area contributed by atoms with Gasteiger partial charge in [-0.15, -0.1) is 34.5 Å². The van der Waals surface area contributed by atoms with Crippen molar-refractivity contribution in [2.75, 3.05) is 13.7 Å². The van der Waals surface area contributed by atoms with E-state index < -0.39 is 5.41 Å². The van der Waals surface area contributed by atoms with Crippen LogP contribution in [0.2, 0.25) is 0 Å². The van der Waals surface area contributed by atoms with E-state index in [9.17, 15) is 4.79 Å². The number of alkyl halides is 2. The van der Waals surface area contributed by atoms with Crippen molar-refractivity contribution in [2.45, 2.75) is 61.7 Å². The number of rotatable bonds is 4. The molecule has 1 aromatic rings. The molecule has 5 rings (SSSR count). The van der Waals surface area contributed by atoms with Gasteiger partial charge in [0.05, 0.1) is 12.0 Å². The summed E-state index contributed by atoms with van der Waals surface area (Å²) >= 11 is 15.3. The second kappa shape index (κ2) is 6.08. The normalized spacial score (nSPS) is 40.0. The third-order valence-electron chi connectivity index (χ3n) is 5.96. The molecule has 4 nitrogen and oxygen atoms in total. The van der Waals surface area contributed by atoms with E-state index in [2.05, 4.69) is 4.99 Å². The molecular formula is C18H24Cl2N2O2S. The topological polar surface area (TPSA) is 43.6 Å². The van der Waals surface area contributed by atoms with E-state index in [-0.39, 0.29) is 15.7 Å². The molecule has 4 bridgehead atoms. The molecule has 7 heteroatoms. The minimum Gasteiger partial charge on any atom is -0.383 e. The molecule has 4 saturated carbocycles. The van der Waals surface area contributed by atoms with Crippen molar-refractivity contribution in [2.24, 2.45) is 16.3 Å². The number of thiazole rings is 1. The first-order valence-electron chi connectivity index (χ1n) is 8.88. The molecule has 0 N–H and O–H groups in total. The van der Waals surface area contributed by atoms with E-state index in [1.54, 1.807) is 18.4 Å². The number of carbonyl (C=O) groups is 1. The molecule has 0 radical (unpaired) electrons. The van der Waals surface area contributed by atoms with Crippen molar-refractivity contribution in [1.29, 1.82) is 0 Å². The average molecular weight is 403 g/mol. The highest BCUT2D eigenvalue weighted by Crippen LogP contribution is 2.67. The highest BCUT2D eigenvalue weighted by atomic mass is 35.5. The molecule has 0 aliphatic heterocycles. The Morgan fingerprint density at radius 2 is 2.00 bits per heavy atom. The van der Waals surface area contributed by atoms with Crippen molar-refractivity contribution < 1.29 is 9.53 Å². The van der Waals surface area contributed by atoms with Crippen LogP contribution in [0.4, 0.5) is 0 Å². The quantitative estimate of drug-likeness (QED) is 0.717. The molecular weight excluding hydrogens is 379 g/mol. The third-order valence-corrected chi connectivity index (χ3v) is 7.73. The summed E-state index contributed by atoms with van der Waals surface area (Å²) < 4.78 is 7.17. The summed E-state index contributed by atoms with van der Waals surface area (Å²) in [6, 6.07) is 0. The largest absolute Gasteiger partial charge is 0.383 e. The predicted molar refractivity (Wildman–Crippen MR) is 100 cm³/mol. The van der Waals surface area contributed by atoms with Gasteiger partial charge in [0, 0.05) is 34.5 Å². The second-order valence-electron chi connectivity index (χ2n) is 8.32. The minimum absolute atomic E-state index is 0.0281. The van der Waals surface area contributed by atoms with Gasteiger partial charge in [-0.1, -0.05) is 0 Å². The van der Waals surface area contributed by atoms with E-state index in [0.717, 1.165) is 48.2 Å². The Morgan fingerprint density at radius 1 is 1.32 bits per heavy atom. The summed E-state index contributed by atoms with van der Waals surface area (Å²) in [4.78, 5) is 19.1. The number of carbonyl (C=O) groups excluding carboxylic acids is 1. The smallest absolute Gasteiger partial charge is 0.254 e. The van der Waals surface area contributed by atoms with Crippen LogP contribution in [0.3, 0.4) is 0 Å². The van der Waals surface area contributed by atoms with E-state index in [4.69, 9.17) is 27.9 Å². The van der Waals surface area contributed by atoms with Gasteiger partial charge in [0.25, 0.3) is 5.91 Å². The van der Waals surface area contributed by atoms with Gasteiger partial charge < -0.3 is 9.30 Å². The van der Waals surface area contributed by atoms with Gasteiger partial charge in [-0.05, 0) is 51.4 Å². The Balaban J connectivity index is 1.68. The lowest BCUT2D eigenvalue weighted by Crippen LogP contribution is -2.61. The number of ether oxygens (including phenoxy) is 1. The minimum atomic E-state index is -0.472. The Morgan fingerprint density at radius 3 is 2.60 bits per heavy atom. The number of hydrogen-bond acceptors (Lipinski definition) is 3. The van der Waals surface area contributed by atoms with Crippen LogP contribution in [0, 0.1) is 18.3 Å². The van der Waals surface area contributed by atoms with Gasteiger partial charge >= 0.3 is 0 Å². The summed E-state index contributed by atoms with van der Waals surface area (Å²) in [5, 5.41) is 0. The molecule has 0 aromatic carbocycles. The summed E-state index contributed by atoms with van der Waals surface area (Å²) in [5.41, 5.74) is -0.472. The molecule has 0 spiro atoms. The molecule has 1 heterocycles. The lowest BCUT2D eigenvalue weighted by atomic mass is 9.48. The Labute approximate surface area is 162 Å². The fraction of sp³-hybridized carbons (Fsp3) is 0.778.